The summed E-state index contributed by atoms with van der Waals surface area (Å²) in [6.45, 7) is 6.09. The molecule has 3 atom stereocenters. The highest BCUT2D eigenvalue weighted by atomic mass is 16.3. The number of rotatable bonds is 1. The van der Waals surface area contributed by atoms with Gasteiger partial charge in [0.2, 0.25) is 0 Å². The molecule has 1 aliphatic rings. The summed E-state index contributed by atoms with van der Waals surface area (Å²) in [6.07, 6.45) is 2.00. The third-order valence-electron chi connectivity index (χ3n) is 3.21. The van der Waals surface area contributed by atoms with Gasteiger partial charge in [0.05, 0.1) is 11.7 Å². The summed E-state index contributed by atoms with van der Waals surface area (Å²) in [6, 6.07) is 0. The SMILES string of the molecule is CC(C)[C@@H]1CCC(C)(O)[C@H](O)C1. The first-order valence-electron chi connectivity index (χ1n) is 4.84. The van der Waals surface area contributed by atoms with Gasteiger partial charge in [-0.15, -0.1) is 0 Å². The molecule has 0 spiro atoms. The van der Waals surface area contributed by atoms with Crippen molar-refractivity contribution < 1.29 is 10.2 Å². The minimum atomic E-state index is -0.842. The fraction of sp³-hybridized carbons (Fsp3) is 1.00. The molecule has 0 aromatic rings. The molecule has 2 nitrogen and oxygen atoms in total. The Kier molecular flexibility index (Phi) is 2.79. The lowest BCUT2D eigenvalue weighted by molar-refractivity contribution is -0.103. The van der Waals surface area contributed by atoms with E-state index in [2.05, 4.69) is 13.8 Å². The molecule has 1 fully saturated rings. The number of aliphatic hydroxyl groups excluding tert-OH is 1. The van der Waals surface area contributed by atoms with Gasteiger partial charge in [0.15, 0.2) is 0 Å². The van der Waals surface area contributed by atoms with Gasteiger partial charge in [-0.2, -0.15) is 0 Å². The van der Waals surface area contributed by atoms with Crippen LogP contribution >= 0.6 is 0 Å². The van der Waals surface area contributed by atoms with Gasteiger partial charge >= 0.3 is 0 Å². The second-order valence-electron chi connectivity index (χ2n) is 4.65. The van der Waals surface area contributed by atoms with Crippen molar-refractivity contribution in [3.05, 3.63) is 0 Å². The van der Waals surface area contributed by atoms with Gasteiger partial charge in [-0.3, -0.25) is 0 Å². The quantitative estimate of drug-likeness (QED) is 0.630. The summed E-state index contributed by atoms with van der Waals surface area (Å²) in [5.74, 6) is 1.20. The molecule has 0 bridgehead atoms. The fourth-order valence-electron chi connectivity index (χ4n) is 1.91. The van der Waals surface area contributed by atoms with E-state index in [0.717, 1.165) is 19.3 Å². The van der Waals surface area contributed by atoms with Crippen molar-refractivity contribution in [2.45, 2.75) is 51.7 Å². The average molecular weight is 172 g/mol. The van der Waals surface area contributed by atoms with Crippen molar-refractivity contribution >= 4 is 0 Å². The first kappa shape index (κ1) is 10.0. The maximum Gasteiger partial charge on any atom is 0.0877 e. The second kappa shape index (κ2) is 3.35. The highest BCUT2D eigenvalue weighted by Crippen LogP contribution is 2.35. The van der Waals surface area contributed by atoms with Crippen LogP contribution in [0.5, 0.6) is 0 Å². The Morgan fingerprint density at radius 3 is 2.42 bits per heavy atom. The molecular formula is C10H20O2. The Hall–Kier alpha value is -0.0800. The second-order valence-corrected chi connectivity index (χ2v) is 4.65. The lowest BCUT2D eigenvalue weighted by Gasteiger charge is -2.39. The van der Waals surface area contributed by atoms with Crippen LogP contribution in [0.15, 0.2) is 0 Å². The Bertz CT molecular complexity index is 152. The van der Waals surface area contributed by atoms with E-state index in [4.69, 9.17) is 0 Å². The average Bonchev–Trinajstić information content (AvgIpc) is 1.94. The first-order valence-corrected chi connectivity index (χ1v) is 4.84. The molecule has 0 radical (unpaired) electrons. The zero-order valence-electron chi connectivity index (χ0n) is 8.25. The molecular weight excluding hydrogens is 152 g/mol. The molecule has 1 aliphatic carbocycles. The van der Waals surface area contributed by atoms with Crippen molar-refractivity contribution in [3.8, 4) is 0 Å². The van der Waals surface area contributed by atoms with Crippen molar-refractivity contribution in [2.24, 2.45) is 11.8 Å². The molecule has 0 saturated heterocycles. The normalized spacial score (nSPS) is 43.5. The highest BCUT2D eigenvalue weighted by molar-refractivity contribution is 4.89. The van der Waals surface area contributed by atoms with E-state index in [-0.39, 0.29) is 0 Å². The summed E-state index contributed by atoms with van der Waals surface area (Å²) >= 11 is 0. The summed E-state index contributed by atoms with van der Waals surface area (Å²) < 4.78 is 0. The van der Waals surface area contributed by atoms with Crippen LogP contribution in [0.4, 0.5) is 0 Å². The summed E-state index contributed by atoms with van der Waals surface area (Å²) in [7, 11) is 0. The van der Waals surface area contributed by atoms with Crippen LogP contribution in [-0.4, -0.2) is 21.9 Å². The molecule has 0 aromatic heterocycles. The zero-order valence-corrected chi connectivity index (χ0v) is 8.25. The summed E-state index contributed by atoms with van der Waals surface area (Å²) in [4.78, 5) is 0. The number of hydrogen-bond acceptors (Lipinski definition) is 2. The van der Waals surface area contributed by atoms with Crippen molar-refractivity contribution in [2.75, 3.05) is 0 Å². The maximum absolute atomic E-state index is 9.69. The van der Waals surface area contributed by atoms with E-state index in [9.17, 15) is 10.2 Å². The molecule has 2 N–H and O–H groups in total. The monoisotopic (exact) mass is 172 g/mol. The fourth-order valence-corrected chi connectivity index (χ4v) is 1.91. The Morgan fingerprint density at radius 2 is 2.00 bits per heavy atom. The topological polar surface area (TPSA) is 40.5 Å². The van der Waals surface area contributed by atoms with Gasteiger partial charge in [-0.05, 0) is 38.0 Å². The van der Waals surface area contributed by atoms with Crippen LogP contribution < -0.4 is 0 Å². The molecule has 2 heteroatoms. The van der Waals surface area contributed by atoms with Crippen molar-refractivity contribution in [1.29, 1.82) is 0 Å². The third kappa shape index (κ3) is 1.99. The van der Waals surface area contributed by atoms with Gasteiger partial charge in [0, 0.05) is 0 Å². The van der Waals surface area contributed by atoms with Crippen LogP contribution in [-0.2, 0) is 0 Å². The minimum absolute atomic E-state index is 0.529. The predicted octanol–water partition coefficient (Wildman–Crippen LogP) is 1.55. The summed E-state index contributed by atoms with van der Waals surface area (Å²) in [5.41, 5.74) is -0.842. The first-order chi connectivity index (χ1) is 5.43. The molecule has 72 valence electrons. The maximum atomic E-state index is 9.69. The molecule has 1 saturated carbocycles. The molecule has 0 heterocycles. The van der Waals surface area contributed by atoms with Crippen LogP contribution in [0.2, 0.25) is 0 Å². The molecule has 0 aromatic carbocycles. The smallest absolute Gasteiger partial charge is 0.0877 e. The Morgan fingerprint density at radius 1 is 1.42 bits per heavy atom. The van der Waals surface area contributed by atoms with E-state index in [1.165, 1.54) is 0 Å². The standard InChI is InChI=1S/C10H20O2/c1-7(2)8-4-5-10(3,12)9(11)6-8/h7-9,11-12H,4-6H2,1-3H3/t8-,9-,10?/m1/s1. The van der Waals surface area contributed by atoms with Crippen LogP contribution in [0.3, 0.4) is 0 Å². The van der Waals surface area contributed by atoms with Gasteiger partial charge in [0.1, 0.15) is 0 Å². The van der Waals surface area contributed by atoms with Crippen LogP contribution in [0.25, 0.3) is 0 Å². The lowest BCUT2D eigenvalue weighted by Crippen LogP contribution is -2.45. The van der Waals surface area contributed by atoms with Gasteiger partial charge < -0.3 is 10.2 Å². The van der Waals surface area contributed by atoms with Gasteiger partial charge in [-0.25, -0.2) is 0 Å². The minimum Gasteiger partial charge on any atom is -0.390 e. The molecule has 1 rings (SSSR count). The molecule has 0 amide bonds. The van der Waals surface area contributed by atoms with Crippen LogP contribution in [0.1, 0.15) is 40.0 Å². The number of hydrogen-bond donors (Lipinski definition) is 2. The predicted molar refractivity (Wildman–Crippen MR) is 48.8 cm³/mol. The molecule has 12 heavy (non-hydrogen) atoms. The van der Waals surface area contributed by atoms with Crippen LogP contribution in [0, 0.1) is 11.8 Å². The van der Waals surface area contributed by atoms with E-state index in [1.807, 2.05) is 0 Å². The third-order valence-corrected chi connectivity index (χ3v) is 3.21. The van der Waals surface area contributed by atoms with E-state index in [0.29, 0.717) is 11.8 Å². The lowest BCUT2D eigenvalue weighted by atomic mass is 9.73. The van der Waals surface area contributed by atoms with Crippen molar-refractivity contribution in [3.63, 3.8) is 0 Å². The zero-order chi connectivity index (χ0) is 9.35. The number of aliphatic hydroxyl groups is 2. The van der Waals surface area contributed by atoms with Gasteiger partial charge in [0.25, 0.3) is 0 Å². The molecule has 0 aliphatic heterocycles. The highest BCUT2D eigenvalue weighted by Gasteiger charge is 2.37. The van der Waals surface area contributed by atoms with Crippen molar-refractivity contribution in [1.82, 2.24) is 0 Å². The van der Waals surface area contributed by atoms with E-state index >= 15 is 0 Å². The summed E-state index contributed by atoms with van der Waals surface area (Å²) in [5, 5.41) is 19.3. The van der Waals surface area contributed by atoms with Gasteiger partial charge in [-0.1, -0.05) is 13.8 Å². The largest absolute Gasteiger partial charge is 0.390 e. The Labute approximate surface area is 74.6 Å². The Balaban J connectivity index is 2.52. The van der Waals surface area contributed by atoms with E-state index in [1.54, 1.807) is 6.92 Å². The van der Waals surface area contributed by atoms with E-state index < -0.39 is 11.7 Å². The molecule has 1 unspecified atom stereocenters.